The van der Waals surface area contributed by atoms with E-state index in [1.54, 1.807) is 0 Å². The van der Waals surface area contributed by atoms with Crippen LogP contribution in [-0.2, 0) is 36.7 Å². The first-order chi connectivity index (χ1) is 25.6. The average molecular weight is 901 g/mol. The number of hydrogen-bond donors (Lipinski definition) is 0. The van der Waals surface area contributed by atoms with E-state index in [1.807, 2.05) is 18.2 Å². The van der Waals surface area contributed by atoms with Crippen molar-refractivity contribution < 1.29 is 29.3 Å². The molecule has 2 aliphatic rings. The molecule has 4 nitrogen and oxygen atoms in total. The normalized spacial score (nSPS) is 15.3. The molecule has 1 saturated carbocycles. The number of pyridine rings is 1. The van der Waals surface area contributed by atoms with E-state index in [9.17, 15) is 4.79 Å². The van der Waals surface area contributed by atoms with Gasteiger partial charge < -0.3 is 9.73 Å². The molecule has 54 heavy (non-hydrogen) atoms. The fourth-order valence-corrected chi connectivity index (χ4v) is 8.78. The first kappa shape index (κ1) is 41.6. The van der Waals surface area contributed by atoms with Crippen LogP contribution in [0.15, 0.2) is 82.9 Å². The molecule has 3 aromatic carbocycles. The van der Waals surface area contributed by atoms with Gasteiger partial charge in [-0.15, -0.1) is 35.4 Å². The molecule has 0 amide bonds. The van der Waals surface area contributed by atoms with Gasteiger partial charge in [-0.2, -0.15) is 5.70 Å². The first-order valence-corrected chi connectivity index (χ1v) is 20.5. The van der Waals surface area contributed by atoms with Crippen molar-refractivity contribution in [2.24, 2.45) is 17.8 Å². The van der Waals surface area contributed by atoms with Crippen molar-refractivity contribution in [1.29, 1.82) is 0 Å². The van der Waals surface area contributed by atoms with Gasteiger partial charge in [-0.05, 0) is 77.4 Å². The number of ketones is 1. The third kappa shape index (κ3) is 8.79. The van der Waals surface area contributed by atoms with Gasteiger partial charge >= 0.3 is 0 Å². The molecule has 0 unspecified atom stereocenters. The standard InChI is InChI=1S/C30H26NO.C19H35NO.Ir/c1-18(2)16-19-12-14-24-20(17-19)13-15-25(31-24)21-9-7-10-23-27(21)30(3,4)28-22-8-5-6-11-26(22)32-29(23)28;1-5-15(6-2)18(14-19(21)16(7-3)8-4)20-17-12-10-9-11-13-17;/h5-8,10-15,17-18H,16H2,1-4H3;14-17H,5-13H2,1-4H3,(H,20,21);/q-1;;/p-1. The molecule has 0 bridgehead atoms. The Balaban J connectivity index is 0.000000224. The molecule has 7 rings (SSSR count). The summed E-state index contributed by atoms with van der Waals surface area (Å²) >= 11 is 0. The molecule has 1 fully saturated rings. The van der Waals surface area contributed by atoms with E-state index in [1.165, 1.54) is 59.6 Å². The Morgan fingerprint density at radius 1 is 0.907 bits per heavy atom. The van der Waals surface area contributed by atoms with Crippen LogP contribution in [0.5, 0.6) is 0 Å². The summed E-state index contributed by atoms with van der Waals surface area (Å²) in [7, 11) is 0. The van der Waals surface area contributed by atoms with E-state index in [2.05, 4.69) is 116 Å². The van der Waals surface area contributed by atoms with Crippen LogP contribution in [-0.4, -0.2) is 16.8 Å². The van der Waals surface area contributed by atoms with Crippen molar-refractivity contribution in [2.45, 2.75) is 131 Å². The number of allylic oxidation sites excluding steroid dienone is 2. The number of para-hydroxylation sites is 1. The smallest absolute Gasteiger partial charge is 0.157 e. The molecule has 0 spiro atoms. The van der Waals surface area contributed by atoms with Crippen LogP contribution >= 0.6 is 0 Å². The number of rotatable bonds is 12. The van der Waals surface area contributed by atoms with Gasteiger partial charge in [-0.1, -0.05) is 142 Å². The summed E-state index contributed by atoms with van der Waals surface area (Å²) in [5.74, 6) is 2.55. The minimum absolute atomic E-state index is 0. The molecular formula is C49H60IrN2O2-2. The predicted molar refractivity (Wildman–Crippen MR) is 223 cm³/mol. The van der Waals surface area contributed by atoms with E-state index < -0.39 is 0 Å². The second kappa shape index (κ2) is 18.4. The van der Waals surface area contributed by atoms with Crippen LogP contribution in [0.3, 0.4) is 0 Å². The van der Waals surface area contributed by atoms with Crippen LogP contribution in [0, 0.1) is 23.8 Å². The minimum Gasteiger partial charge on any atom is -0.685 e. The number of aromatic nitrogens is 1. The molecule has 1 radical (unpaired) electrons. The fourth-order valence-electron chi connectivity index (χ4n) is 8.78. The van der Waals surface area contributed by atoms with Crippen LogP contribution in [0.2, 0.25) is 0 Å². The molecule has 2 aromatic heterocycles. The van der Waals surface area contributed by atoms with Gasteiger partial charge in [0.1, 0.15) is 11.3 Å². The topological polar surface area (TPSA) is 57.2 Å². The number of carbonyl (C=O) groups excluding carboxylic acids is 1. The van der Waals surface area contributed by atoms with E-state index in [4.69, 9.17) is 14.7 Å². The molecule has 5 aromatic rings. The Kier molecular flexibility index (Phi) is 14.2. The van der Waals surface area contributed by atoms with Gasteiger partial charge in [0, 0.05) is 37.0 Å². The van der Waals surface area contributed by atoms with Crippen molar-refractivity contribution in [3.63, 3.8) is 0 Å². The van der Waals surface area contributed by atoms with Gasteiger partial charge in [0.15, 0.2) is 5.78 Å². The van der Waals surface area contributed by atoms with Crippen molar-refractivity contribution >= 4 is 27.7 Å². The predicted octanol–water partition coefficient (Wildman–Crippen LogP) is 14.0. The van der Waals surface area contributed by atoms with Crippen LogP contribution in [0.4, 0.5) is 0 Å². The van der Waals surface area contributed by atoms with E-state index in [0.717, 1.165) is 71.5 Å². The van der Waals surface area contributed by atoms with E-state index in [-0.39, 0.29) is 31.4 Å². The molecule has 2 heterocycles. The second-order valence-corrected chi connectivity index (χ2v) is 16.3. The maximum atomic E-state index is 12.5. The summed E-state index contributed by atoms with van der Waals surface area (Å²) in [6.45, 7) is 17.7. The number of hydrogen-bond acceptors (Lipinski definition) is 3. The average Bonchev–Trinajstić information content (AvgIpc) is 3.66. The quantitative estimate of drug-likeness (QED) is 0.0926. The third-order valence-corrected chi connectivity index (χ3v) is 11.7. The summed E-state index contributed by atoms with van der Waals surface area (Å²) in [4.78, 5) is 17.5. The summed E-state index contributed by atoms with van der Waals surface area (Å²) < 4.78 is 6.34. The van der Waals surface area contributed by atoms with Crippen LogP contribution in [0.1, 0.15) is 130 Å². The van der Waals surface area contributed by atoms with Crippen LogP contribution in [0.25, 0.3) is 49.8 Å². The number of fused-ring (bicyclic) bond motifs is 6. The largest absolute Gasteiger partial charge is 0.685 e. The second-order valence-electron chi connectivity index (χ2n) is 16.3. The Morgan fingerprint density at radius 2 is 1.61 bits per heavy atom. The van der Waals surface area contributed by atoms with Gasteiger partial charge in [0.05, 0.1) is 5.52 Å². The van der Waals surface area contributed by atoms with E-state index in [0.29, 0.717) is 23.7 Å². The Hall–Kier alpha value is -3.53. The van der Waals surface area contributed by atoms with Gasteiger partial charge in [-0.25, -0.2) is 0 Å². The zero-order valence-corrected chi connectivity index (χ0v) is 36.2. The zero-order chi connectivity index (χ0) is 37.7. The number of nitrogens with zero attached hydrogens (tertiary/aromatic N) is 2. The Morgan fingerprint density at radius 3 is 2.30 bits per heavy atom. The zero-order valence-electron chi connectivity index (χ0n) is 33.9. The monoisotopic (exact) mass is 901 g/mol. The molecule has 0 aliphatic heterocycles. The van der Waals surface area contributed by atoms with Gasteiger partial charge in [0.25, 0.3) is 0 Å². The van der Waals surface area contributed by atoms with Crippen LogP contribution < -0.4 is 0 Å². The molecule has 0 atom stereocenters. The summed E-state index contributed by atoms with van der Waals surface area (Å²) in [6.07, 6.45) is 13.4. The molecular weight excluding hydrogens is 841 g/mol. The summed E-state index contributed by atoms with van der Waals surface area (Å²) in [6, 6.07) is 27.4. The maximum Gasteiger partial charge on any atom is 0.157 e. The van der Waals surface area contributed by atoms with E-state index >= 15 is 0 Å². The van der Waals surface area contributed by atoms with Crippen molar-refractivity contribution in [1.82, 2.24) is 4.98 Å². The number of carbonyl (C=O) groups is 1. The Labute approximate surface area is 338 Å². The molecule has 0 N–H and O–H groups in total. The fraction of sp³-hybridized carbons (Fsp3) is 0.469. The third-order valence-electron chi connectivity index (χ3n) is 11.7. The summed E-state index contributed by atoms with van der Waals surface area (Å²) in [5, 5.41) is 7.39. The summed E-state index contributed by atoms with van der Waals surface area (Å²) in [5.41, 5.74) is 9.95. The molecule has 5 heteroatoms. The molecule has 0 saturated heterocycles. The number of benzene rings is 3. The SMILES string of the molecule is CC(C)Cc1ccc2nc(-c3[c-]ccc4c3C(C)(C)c3c-4oc4ccccc34)ccc2c1.CCC(CC)C(=O)/C=C(\[N-]C1CCCCC1)C(CC)CC.[Ir]. The molecule has 2 aliphatic carbocycles. The first-order valence-electron chi connectivity index (χ1n) is 20.5. The van der Waals surface area contributed by atoms with Crippen molar-refractivity contribution in [3.8, 4) is 22.6 Å². The van der Waals surface area contributed by atoms with Gasteiger partial charge in [0.2, 0.25) is 0 Å². The van der Waals surface area contributed by atoms with Gasteiger partial charge in [-0.3, -0.25) is 9.78 Å². The minimum atomic E-state index is -0.192. The van der Waals surface area contributed by atoms with Crippen molar-refractivity contribution in [3.05, 3.63) is 107 Å². The molecule has 289 valence electrons. The Bertz CT molecular complexity index is 2060. The maximum absolute atomic E-state index is 12.5. The number of furan rings is 1. The van der Waals surface area contributed by atoms with Crippen molar-refractivity contribution in [2.75, 3.05) is 0 Å².